The summed E-state index contributed by atoms with van der Waals surface area (Å²) in [7, 11) is 0. The molecule has 0 radical (unpaired) electrons. The van der Waals surface area contributed by atoms with E-state index in [2.05, 4.69) is 83.8 Å². The first kappa shape index (κ1) is 19.6. The van der Waals surface area contributed by atoms with E-state index in [0.717, 1.165) is 12.2 Å². The van der Waals surface area contributed by atoms with Crippen LogP contribution in [0.4, 0.5) is 0 Å². The molecule has 30 heavy (non-hydrogen) atoms. The third-order valence-electron chi connectivity index (χ3n) is 7.27. The van der Waals surface area contributed by atoms with E-state index < -0.39 is 0 Å². The Kier molecular flexibility index (Phi) is 5.77. The van der Waals surface area contributed by atoms with Gasteiger partial charge in [-0.05, 0) is 49.0 Å². The van der Waals surface area contributed by atoms with Crippen LogP contribution in [0.5, 0.6) is 0 Å². The second-order valence-corrected chi connectivity index (χ2v) is 9.10. The van der Waals surface area contributed by atoms with Crippen LogP contribution < -0.4 is 0 Å². The van der Waals surface area contributed by atoms with Gasteiger partial charge in [0.25, 0.3) is 0 Å². The van der Waals surface area contributed by atoms with Crippen LogP contribution in [0.2, 0.25) is 0 Å². The maximum absolute atomic E-state index is 6.99. The number of rotatable bonds is 4. The molecule has 1 aliphatic carbocycles. The highest BCUT2D eigenvalue weighted by molar-refractivity contribution is 5.52. The van der Waals surface area contributed by atoms with Gasteiger partial charge in [0.15, 0.2) is 5.72 Å². The highest BCUT2D eigenvalue weighted by atomic mass is 16.5. The molecule has 0 N–H and O–H groups in total. The van der Waals surface area contributed by atoms with Gasteiger partial charge in [-0.15, -0.1) is 0 Å². The first-order valence-electron chi connectivity index (χ1n) is 11.8. The average Bonchev–Trinajstić information content (AvgIpc) is 2.84. The summed E-state index contributed by atoms with van der Waals surface area (Å²) >= 11 is 0. The SMILES string of the molecule is C1=C(/C=C/c2ccccc2)O[C@@]2(N3CCCCC3)CCCC[C@H]2[C@@H]1c1ccccc1. The van der Waals surface area contributed by atoms with Crippen LogP contribution in [-0.2, 0) is 4.74 Å². The summed E-state index contributed by atoms with van der Waals surface area (Å²) < 4.78 is 6.99. The lowest BCUT2D eigenvalue weighted by Crippen LogP contribution is -2.60. The molecule has 2 heteroatoms. The first-order valence-corrected chi connectivity index (χ1v) is 11.8. The molecule has 2 fully saturated rings. The van der Waals surface area contributed by atoms with Crippen LogP contribution in [0.25, 0.3) is 6.08 Å². The highest BCUT2D eigenvalue weighted by Gasteiger charge is 2.52. The molecule has 1 saturated heterocycles. The van der Waals surface area contributed by atoms with E-state index in [1.165, 1.54) is 62.7 Å². The summed E-state index contributed by atoms with van der Waals surface area (Å²) in [6.07, 6.45) is 15.7. The summed E-state index contributed by atoms with van der Waals surface area (Å²) in [4.78, 5) is 2.71. The molecule has 156 valence electrons. The predicted octanol–water partition coefficient (Wildman–Crippen LogP) is 6.77. The zero-order valence-corrected chi connectivity index (χ0v) is 17.9. The van der Waals surface area contributed by atoms with Crippen LogP contribution in [0.1, 0.15) is 62.0 Å². The fourth-order valence-electron chi connectivity index (χ4n) is 5.84. The molecular weight excluding hydrogens is 366 g/mol. The van der Waals surface area contributed by atoms with Crippen molar-refractivity contribution < 1.29 is 4.74 Å². The van der Waals surface area contributed by atoms with Crippen LogP contribution in [-0.4, -0.2) is 23.7 Å². The lowest BCUT2D eigenvalue weighted by Gasteiger charge is -2.56. The third-order valence-corrected chi connectivity index (χ3v) is 7.27. The van der Waals surface area contributed by atoms with E-state index in [4.69, 9.17) is 4.74 Å². The molecule has 0 bridgehead atoms. The number of hydrogen-bond acceptors (Lipinski definition) is 2. The van der Waals surface area contributed by atoms with Gasteiger partial charge in [-0.25, -0.2) is 0 Å². The van der Waals surface area contributed by atoms with E-state index in [1.54, 1.807) is 0 Å². The summed E-state index contributed by atoms with van der Waals surface area (Å²) in [6, 6.07) is 21.7. The third kappa shape index (κ3) is 3.86. The molecule has 2 aliphatic heterocycles. The van der Waals surface area contributed by atoms with Gasteiger partial charge < -0.3 is 4.74 Å². The Morgan fingerprint density at radius 1 is 0.800 bits per heavy atom. The van der Waals surface area contributed by atoms with Crippen molar-refractivity contribution in [2.45, 2.75) is 56.6 Å². The quantitative estimate of drug-likeness (QED) is 0.562. The van der Waals surface area contributed by atoms with Crippen LogP contribution in [0.15, 0.2) is 78.6 Å². The lowest BCUT2D eigenvalue weighted by atomic mass is 9.68. The van der Waals surface area contributed by atoms with Gasteiger partial charge in [0.05, 0.1) is 0 Å². The molecule has 3 atom stereocenters. The van der Waals surface area contributed by atoms with E-state index in [0.29, 0.717) is 11.8 Å². The van der Waals surface area contributed by atoms with Crippen LogP contribution >= 0.6 is 0 Å². The number of benzene rings is 2. The molecule has 0 spiro atoms. The zero-order chi connectivity index (χ0) is 20.2. The molecule has 2 aromatic rings. The van der Waals surface area contributed by atoms with E-state index in [1.807, 2.05) is 0 Å². The molecule has 3 aliphatic rings. The highest BCUT2D eigenvalue weighted by Crippen LogP contribution is 2.52. The van der Waals surface area contributed by atoms with Gasteiger partial charge in [-0.3, -0.25) is 4.90 Å². The normalized spacial score (nSPS) is 29.8. The minimum atomic E-state index is -0.149. The minimum Gasteiger partial charge on any atom is -0.473 e. The van der Waals surface area contributed by atoms with E-state index >= 15 is 0 Å². The Morgan fingerprint density at radius 2 is 1.53 bits per heavy atom. The first-order chi connectivity index (χ1) is 14.9. The summed E-state index contributed by atoms with van der Waals surface area (Å²) in [6.45, 7) is 2.35. The Bertz CT molecular complexity index is 881. The fourth-order valence-corrected chi connectivity index (χ4v) is 5.84. The second-order valence-electron chi connectivity index (χ2n) is 9.10. The second kappa shape index (κ2) is 8.81. The van der Waals surface area contributed by atoms with Crippen molar-refractivity contribution in [3.8, 4) is 0 Å². The molecule has 0 aromatic heterocycles. The largest absolute Gasteiger partial charge is 0.473 e. The average molecular weight is 400 g/mol. The van der Waals surface area contributed by atoms with Gasteiger partial charge in [0.2, 0.25) is 0 Å². The van der Waals surface area contributed by atoms with Crippen molar-refractivity contribution in [1.29, 1.82) is 0 Å². The molecule has 1 saturated carbocycles. The van der Waals surface area contributed by atoms with Crippen molar-refractivity contribution >= 4 is 6.08 Å². The maximum atomic E-state index is 6.99. The number of hydrogen-bond donors (Lipinski definition) is 0. The molecule has 0 unspecified atom stereocenters. The predicted molar refractivity (Wildman–Crippen MR) is 124 cm³/mol. The van der Waals surface area contributed by atoms with Gasteiger partial charge in [-0.2, -0.15) is 0 Å². The van der Waals surface area contributed by atoms with Crippen LogP contribution in [0, 0.1) is 5.92 Å². The summed E-state index contributed by atoms with van der Waals surface area (Å²) in [5.74, 6) is 1.98. The number of nitrogens with zero attached hydrogens (tertiary/aromatic N) is 1. The zero-order valence-electron chi connectivity index (χ0n) is 17.9. The van der Waals surface area contributed by atoms with Crippen molar-refractivity contribution in [2.24, 2.45) is 5.92 Å². The van der Waals surface area contributed by atoms with Crippen molar-refractivity contribution in [3.63, 3.8) is 0 Å². The van der Waals surface area contributed by atoms with Crippen molar-refractivity contribution in [2.75, 3.05) is 13.1 Å². The molecular formula is C28H33NO. The monoisotopic (exact) mass is 399 g/mol. The van der Waals surface area contributed by atoms with Crippen molar-refractivity contribution in [3.05, 3.63) is 89.7 Å². The molecule has 5 rings (SSSR count). The number of ether oxygens (including phenoxy) is 1. The standard InChI is InChI=1S/C28H33NO/c1-4-12-23(13-5-1)17-18-25-22-26(24-14-6-2-7-15-24)27-16-8-9-19-28(27,30-25)29-20-10-3-11-21-29/h1-2,4-7,12-15,17-18,22,26-27H,3,8-11,16,19-21H2/b18-17+/t26-,27-,28-/m0/s1. The molecule has 2 heterocycles. The summed E-state index contributed by atoms with van der Waals surface area (Å²) in [5.41, 5.74) is 2.50. The molecule has 2 nitrogen and oxygen atoms in total. The van der Waals surface area contributed by atoms with E-state index in [-0.39, 0.29) is 5.72 Å². The Balaban J connectivity index is 1.54. The van der Waals surface area contributed by atoms with Gasteiger partial charge in [-0.1, -0.05) is 79.6 Å². The van der Waals surface area contributed by atoms with Gasteiger partial charge >= 0.3 is 0 Å². The van der Waals surface area contributed by atoms with Gasteiger partial charge in [0, 0.05) is 31.3 Å². The smallest absolute Gasteiger partial charge is 0.167 e. The van der Waals surface area contributed by atoms with Gasteiger partial charge in [0.1, 0.15) is 5.76 Å². The maximum Gasteiger partial charge on any atom is 0.167 e. The Morgan fingerprint density at radius 3 is 2.30 bits per heavy atom. The lowest BCUT2D eigenvalue weighted by molar-refractivity contribution is -0.197. The number of allylic oxidation sites excluding steroid dienone is 2. The van der Waals surface area contributed by atoms with E-state index in [9.17, 15) is 0 Å². The Labute approximate surface area is 181 Å². The number of piperidine rings is 1. The number of likely N-dealkylation sites (tertiary alicyclic amines) is 1. The molecule has 2 aromatic carbocycles. The molecule has 0 amide bonds. The topological polar surface area (TPSA) is 12.5 Å². The Hall–Kier alpha value is -2.32. The van der Waals surface area contributed by atoms with Crippen molar-refractivity contribution in [1.82, 2.24) is 4.90 Å². The fraction of sp³-hybridized carbons (Fsp3) is 0.429. The minimum absolute atomic E-state index is 0.149. The number of fused-ring (bicyclic) bond motifs is 1. The summed E-state index contributed by atoms with van der Waals surface area (Å²) in [5, 5.41) is 0. The van der Waals surface area contributed by atoms with Crippen LogP contribution in [0.3, 0.4) is 0 Å².